The van der Waals surface area contributed by atoms with Crippen molar-refractivity contribution in [2.75, 3.05) is 0 Å². The molecule has 2 aromatic rings. The number of aromatic amines is 1. The third kappa shape index (κ3) is 2.64. The summed E-state index contributed by atoms with van der Waals surface area (Å²) in [5, 5.41) is 9.55. The smallest absolute Gasteiger partial charge is 0.255 e. The SMILES string of the molecule is CC1Oc2c(-c3ccc(O)cc3)c[nH]c(=O)c2[C@@H]2[C@@H](C)C[C@@H](C)C[C@@H]12. The summed E-state index contributed by atoms with van der Waals surface area (Å²) >= 11 is 0. The Balaban J connectivity index is 1.88. The van der Waals surface area contributed by atoms with Crippen molar-refractivity contribution >= 4 is 0 Å². The number of hydrogen-bond acceptors (Lipinski definition) is 3. The van der Waals surface area contributed by atoms with E-state index in [2.05, 4.69) is 25.8 Å². The van der Waals surface area contributed by atoms with Crippen LogP contribution in [0.2, 0.25) is 0 Å². The predicted molar refractivity (Wildman–Crippen MR) is 98.0 cm³/mol. The van der Waals surface area contributed by atoms with E-state index in [-0.39, 0.29) is 23.3 Å². The Hall–Kier alpha value is -2.23. The molecule has 5 atom stereocenters. The lowest BCUT2D eigenvalue weighted by atomic mass is 9.63. The number of fused-ring (bicyclic) bond motifs is 3. The van der Waals surface area contributed by atoms with E-state index in [4.69, 9.17) is 4.74 Å². The lowest BCUT2D eigenvalue weighted by Crippen LogP contribution is -2.43. The van der Waals surface area contributed by atoms with Crippen LogP contribution in [0.4, 0.5) is 0 Å². The van der Waals surface area contributed by atoms with E-state index in [0.717, 1.165) is 35.3 Å². The number of rotatable bonds is 1. The van der Waals surface area contributed by atoms with Crippen LogP contribution in [-0.2, 0) is 0 Å². The van der Waals surface area contributed by atoms with Gasteiger partial charge in [0, 0.05) is 23.6 Å². The van der Waals surface area contributed by atoms with Gasteiger partial charge in [0.2, 0.25) is 0 Å². The van der Waals surface area contributed by atoms with Gasteiger partial charge < -0.3 is 14.8 Å². The van der Waals surface area contributed by atoms with Gasteiger partial charge in [-0.15, -0.1) is 0 Å². The van der Waals surface area contributed by atoms with Crippen LogP contribution < -0.4 is 10.3 Å². The van der Waals surface area contributed by atoms with Crippen molar-refractivity contribution in [3.63, 3.8) is 0 Å². The third-order valence-electron chi connectivity index (χ3n) is 6.02. The van der Waals surface area contributed by atoms with Gasteiger partial charge in [0.1, 0.15) is 11.5 Å². The topological polar surface area (TPSA) is 62.3 Å². The minimum atomic E-state index is -0.0270. The lowest BCUT2D eigenvalue weighted by molar-refractivity contribution is 0.0423. The summed E-state index contributed by atoms with van der Waals surface area (Å²) in [6, 6.07) is 7.03. The zero-order valence-corrected chi connectivity index (χ0v) is 15.0. The minimum Gasteiger partial charge on any atom is -0.508 e. The zero-order valence-electron chi connectivity index (χ0n) is 15.0. The first kappa shape index (κ1) is 16.2. The van der Waals surface area contributed by atoms with E-state index >= 15 is 0 Å². The molecular weight excluding hydrogens is 314 g/mol. The molecule has 0 amide bonds. The van der Waals surface area contributed by atoms with Crippen LogP contribution >= 0.6 is 0 Å². The largest absolute Gasteiger partial charge is 0.508 e. The van der Waals surface area contributed by atoms with Gasteiger partial charge in [-0.25, -0.2) is 0 Å². The molecule has 0 spiro atoms. The van der Waals surface area contributed by atoms with E-state index in [1.54, 1.807) is 18.3 Å². The van der Waals surface area contributed by atoms with Gasteiger partial charge in [0.15, 0.2) is 0 Å². The van der Waals surface area contributed by atoms with Crippen LogP contribution in [0.5, 0.6) is 11.5 Å². The number of phenols is 1. The molecule has 1 aromatic heterocycles. The molecule has 1 aromatic carbocycles. The molecule has 4 rings (SSSR count). The summed E-state index contributed by atoms with van der Waals surface area (Å²) in [4.78, 5) is 15.6. The average molecular weight is 339 g/mol. The summed E-state index contributed by atoms with van der Waals surface area (Å²) in [7, 11) is 0. The number of H-pyrrole nitrogens is 1. The monoisotopic (exact) mass is 339 g/mol. The number of nitrogens with one attached hydrogen (secondary N) is 1. The van der Waals surface area contributed by atoms with Crippen molar-refractivity contribution in [2.45, 2.75) is 45.6 Å². The highest BCUT2D eigenvalue weighted by molar-refractivity contribution is 5.72. The first-order valence-corrected chi connectivity index (χ1v) is 9.17. The first-order chi connectivity index (χ1) is 12.0. The number of phenolic OH excluding ortho intramolecular Hbond substituents is 1. The van der Waals surface area contributed by atoms with E-state index in [1.807, 2.05) is 12.1 Å². The maximum Gasteiger partial charge on any atom is 0.255 e. The Kier molecular flexibility index (Phi) is 3.86. The third-order valence-corrected chi connectivity index (χ3v) is 6.02. The highest BCUT2D eigenvalue weighted by atomic mass is 16.5. The Morgan fingerprint density at radius 3 is 2.56 bits per heavy atom. The van der Waals surface area contributed by atoms with Crippen LogP contribution in [0.25, 0.3) is 11.1 Å². The van der Waals surface area contributed by atoms with Gasteiger partial charge in [-0.1, -0.05) is 26.0 Å². The standard InChI is InChI=1S/C21H25NO3/c1-11-8-12(2)18-16(9-11)13(3)25-20-17(10-22-21(24)19(18)20)14-4-6-15(23)7-5-14/h4-7,10-13,16,18,23H,8-9H2,1-3H3,(H,22,24)/t11-,12+,13?,16+,18-/m1/s1. The molecule has 1 saturated carbocycles. The Bertz CT molecular complexity index is 839. The molecule has 1 aliphatic carbocycles. The number of benzene rings is 1. The molecule has 25 heavy (non-hydrogen) atoms. The first-order valence-electron chi connectivity index (χ1n) is 9.17. The molecule has 1 unspecified atom stereocenters. The lowest BCUT2D eigenvalue weighted by Gasteiger charge is -2.46. The van der Waals surface area contributed by atoms with Gasteiger partial charge in [-0.05, 0) is 49.3 Å². The van der Waals surface area contributed by atoms with E-state index < -0.39 is 0 Å². The molecular formula is C21H25NO3. The number of ether oxygens (including phenoxy) is 1. The molecule has 4 nitrogen and oxygen atoms in total. The summed E-state index contributed by atoms with van der Waals surface area (Å²) in [6.07, 6.45) is 4.09. The van der Waals surface area contributed by atoms with E-state index in [1.165, 1.54) is 0 Å². The van der Waals surface area contributed by atoms with Crippen molar-refractivity contribution in [3.05, 3.63) is 46.4 Å². The zero-order chi connectivity index (χ0) is 17.7. The Labute approximate surface area is 147 Å². The summed E-state index contributed by atoms with van der Waals surface area (Å²) in [6.45, 7) is 6.70. The molecule has 0 saturated heterocycles. The average Bonchev–Trinajstić information content (AvgIpc) is 2.56. The maximum atomic E-state index is 12.7. The fourth-order valence-corrected chi connectivity index (χ4v) is 4.98. The fraction of sp³-hybridized carbons (Fsp3) is 0.476. The highest BCUT2D eigenvalue weighted by Crippen LogP contribution is 2.52. The predicted octanol–water partition coefficient (Wildman–Crippen LogP) is 4.29. The molecule has 1 fully saturated rings. The van der Waals surface area contributed by atoms with Crippen LogP contribution in [0.3, 0.4) is 0 Å². The van der Waals surface area contributed by atoms with Crippen LogP contribution in [0.15, 0.2) is 35.3 Å². The molecule has 2 heterocycles. The van der Waals surface area contributed by atoms with Crippen molar-refractivity contribution in [3.8, 4) is 22.6 Å². The molecule has 4 heteroatoms. The van der Waals surface area contributed by atoms with Crippen LogP contribution in [0, 0.1) is 17.8 Å². The van der Waals surface area contributed by atoms with Gasteiger partial charge >= 0.3 is 0 Å². The Morgan fingerprint density at radius 2 is 1.84 bits per heavy atom. The van der Waals surface area contributed by atoms with Crippen molar-refractivity contribution in [2.24, 2.45) is 17.8 Å². The van der Waals surface area contributed by atoms with Gasteiger partial charge in [0.25, 0.3) is 5.56 Å². The maximum absolute atomic E-state index is 12.7. The van der Waals surface area contributed by atoms with Crippen LogP contribution in [-0.4, -0.2) is 16.2 Å². The second-order valence-electron chi connectivity index (χ2n) is 7.89. The fourth-order valence-electron chi connectivity index (χ4n) is 4.98. The van der Waals surface area contributed by atoms with Gasteiger partial charge in [-0.2, -0.15) is 0 Å². The second kappa shape index (κ2) is 5.94. The molecule has 2 aliphatic rings. The van der Waals surface area contributed by atoms with Crippen molar-refractivity contribution < 1.29 is 9.84 Å². The quantitative estimate of drug-likeness (QED) is 0.814. The minimum absolute atomic E-state index is 0.0270. The number of pyridine rings is 1. The summed E-state index contributed by atoms with van der Waals surface area (Å²) in [5.74, 6) is 2.73. The van der Waals surface area contributed by atoms with Crippen LogP contribution in [0.1, 0.15) is 45.1 Å². The number of aromatic hydroxyl groups is 1. The summed E-state index contributed by atoms with van der Waals surface area (Å²) in [5.41, 5.74) is 2.62. The summed E-state index contributed by atoms with van der Waals surface area (Å²) < 4.78 is 6.31. The normalized spacial score (nSPS) is 30.9. The van der Waals surface area contributed by atoms with E-state index in [0.29, 0.717) is 17.8 Å². The molecule has 2 N–H and O–H groups in total. The van der Waals surface area contributed by atoms with Gasteiger partial charge in [-0.3, -0.25) is 4.79 Å². The van der Waals surface area contributed by atoms with Crippen molar-refractivity contribution in [1.29, 1.82) is 0 Å². The Morgan fingerprint density at radius 1 is 1.12 bits per heavy atom. The molecule has 0 bridgehead atoms. The van der Waals surface area contributed by atoms with Gasteiger partial charge in [0.05, 0.1) is 11.7 Å². The molecule has 0 radical (unpaired) electrons. The van der Waals surface area contributed by atoms with E-state index in [9.17, 15) is 9.90 Å². The highest BCUT2D eigenvalue weighted by Gasteiger charge is 2.45. The van der Waals surface area contributed by atoms with Crippen molar-refractivity contribution in [1.82, 2.24) is 4.98 Å². The second-order valence-corrected chi connectivity index (χ2v) is 7.89. The number of hydrogen-bond donors (Lipinski definition) is 2. The number of aromatic nitrogens is 1. The molecule has 1 aliphatic heterocycles. The molecule has 132 valence electrons.